The second kappa shape index (κ2) is 6.48. The van der Waals surface area contributed by atoms with Crippen LogP contribution in [0.5, 0.6) is 23.0 Å². The highest BCUT2D eigenvalue weighted by atomic mass is 16.7. The first-order chi connectivity index (χ1) is 11.2. The average molecular weight is 315 g/mol. The van der Waals surface area contributed by atoms with Crippen molar-refractivity contribution >= 4 is 11.6 Å². The van der Waals surface area contributed by atoms with Gasteiger partial charge in [-0.1, -0.05) is 12.1 Å². The van der Waals surface area contributed by atoms with Crippen LogP contribution in [-0.4, -0.2) is 25.9 Å². The number of carbonyl (C=O) groups is 1. The molecule has 1 aliphatic rings. The predicted octanol–water partition coefficient (Wildman–Crippen LogP) is 2.83. The van der Waals surface area contributed by atoms with Crippen LogP contribution >= 0.6 is 0 Å². The zero-order valence-electron chi connectivity index (χ0n) is 12.9. The molecule has 0 aromatic heterocycles. The van der Waals surface area contributed by atoms with E-state index in [0.717, 1.165) is 0 Å². The van der Waals surface area contributed by atoms with Crippen molar-refractivity contribution in [2.45, 2.75) is 13.0 Å². The molecule has 0 aliphatic carbocycles. The van der Waals surface area contributed by atoms with Gasteiger partial charge >= 0.3 is 0 Å². The van der Waals surface area contributed by atoms with Crippen molar-refractivity contribution in [2.24, 2.45) is 0 Å². The summed E-state index contributed by atoms with van der Waals surface area (Å²) in [5.74, 6) is 2.11. The van der Waals surface area contributed by atoms with Crippen molar-refractivity contribution in [1.29, 1.82) is 0 Å². The molecule has 0 spiro atoms. The number of hydrogen-bond acceptors (Lipinski definition) is 5. The fourth-order valence-corrected chi connectivity index (χ4v) is 2.18. The van der Waals surface area contributed by atoms with Crippen molar-refractivity contribution in [3.63, 3.8) is 0 Å². The van der Waals surface area contributed by atoms with Crippen molar-refractivity contribution in [2.75, 3.05) is 19.2 Å². The Bertz CT molecular complexity index is 716. The first kappa shape index (κ1) is 15.0. The normalized spacial score (nSPS) is 13.3. The van der Waals surface area contributed by atoms with Crippen molar-refractivity contribution in [3.8, 4) is 23.0 Å². The van der Waals surface area contributed by atoms with E-state index in [4.69, 9.17) is 18.9 Å². The van der Waals surface area contributed by atoms with E-state index < -0.39 is 6.10 Å². The molecule has 0 unspecified atom stereocenters. The van der Waals surface area contributed by atoms with E-state index >= 15 is 0 Å². The lowest BCUT2D eigenvalue weighted by atomic mass is 10.2. The molecule has 1 atom stereocenters. The van der Waals surface area contributed by atoms with E-state index in [0.29, 0.717) is 28.7 Å². The lowest BCUT2D eigenvalue weighted by Crippen LogP contribution is -2.30. The molecule has 2 aromatic carbocycles. The van der Waals surface area contributed by atoms with E-state index in [9.17, 15) is 4.79 Å². The molecule has 0 fully saturated rings. The molecule has 1 heterocycles. The van der Waals surface area contributed by atoms with Crippen LogP contribution in [0.25, 0.3) is 0 Å². The third-order valence-electron chi connectivity index (χ3n) is 3.38. The van der Waals surface area contributed by atoms with Crippen LogP contribution in [0, 0.1) is 0 Å². The molecule has 3 rings (SSSR count). The topological polar surface area (TPSA) is 66.0 Å². The maximum Gasteiger partial charge on any atom is 0.265 e. The molecular weight excluding hydrogens is 298 g/mol. The van der Waals surface area contributed by atoms with Crippen LogP contribution in [0.15, 0.2) is 42.5 Å². The fourth-order valence-electron chi connectivity index (χ4n) is 2.18. The summed E-state index contributed by atoms with van der Waals surface area (Å²) >= 11 is 0. The predicted molar refractivity (Wildman–Crippen MR) is 84.3 cm³/mol. The van der Waals surface area contributed by atoms with Crippen molar-refractivity contribution in [3.05, 3.63) is 42.5 Å². The summed E-state index contributed by atoms with van der Waals surface area (Å²) in [5.41, 5.74) is 0.620. The highest BCUT2D eigenvalue weighted by Crippen LogP contribution is 2.34. The van der Waals surface area contributed by atoms with Gasteiger partial charge in [-0.3, -0.25) is 4.79 Å². The molecule has 0 radical (unpaired) electrons. The van der Waals surface area contributed by atoms with E-state index in [-0.39, 0.29) is 12.7 Å². The number of rotatable bonds is 5. The van der Waals surface area contributed by atoms with Gasteiger partial charge in [-0.05, 0) is 31.2 Å². The van der Waals surface area contributed by atoms with E-state index in [1.807, 2.05) is 12.1 Å². The Kier molecular flexibility index (Phi) is 4.23. The summed E-state index contributed by atoms with van der Waals surface area (Å²) in [5, 5.41) is 2.79. The van der Waals surface area contributed by atoms with E-state index in [1.54, 1.807) is 44.4 Å². The smallest absolute Gasteiger partial charge is 0.265 e. The molecule has 1 N–H and O–H groups in total. The highest BCUT2D eigenvalue weighted by molar-refractivity contribution is 5.94. The largest absolute Gasteiger partial charge is 0.493 e. The van der Waals surface area contributed by atoms with Crippen LogP contribution in [0.1, 0.15) is 6.92 Å². The van der Waals surface area contributed by atoms with Gasteiger partial charge in [0.15, 0.2) is 29.1 Å². The van der Waals surface area contributed by atoms with E-state index in [1.165, 1.54) is 0 Å². The Balaban J connectivity index is 1.66. The quantitative estimate of drug-likeness (QED) is 0.919. The summed E-state index contributed by atoms with van der Waals surface area (Å²) in [4.78, 5) is 12.3. The van der Waals surface area contributed by atoms with Gasteiger partial charge in [-0.15, -0.1) is 0 Å². The second-order valence-electron chi connectivity index (χ2n) is 4.97. The van der Waals surface area contributed by atoms with Crippen LogP contribution < -0.4 is 24.3 Å². The third-order valence-corrected chi connectivity index (χ3v) is 3.38. The molecule has 0 saturated carbocycles. The minimum absolute atomic E-state index is 0.194. The van der Waals surface area contributed by atoms with Crippen LogP contribution in [0.2, 0.25) is 0 Å². The number of fused-ring (bicyclic) bond motifs is 1. The summed E-state index contributed by atoms with van der Waals surface area (Å²) in [6.07, 6.45) is -0.684. The Hall–Kier alpha value is -2.89. The molecule has 1 aliphatic heterocycles. The second-order valence-corrected chi connectivity index (χ2v) is 4.97. The van der Waals surface area contributed by atoms with Gasteiger partial charge in [-0.2, -0.15) is 0 Å². The monoisotopic (exact) mass is 315 g/mol. The number of anilines is 1. The Morgan fingerprint density at radius 1 is 1.13 bits per heavy atom. The Morgan fingerprint density at radius 2 is 1.87 bits per heavy atom. The molecule has 0 bridgehead atoms. The lowest BCUT2D eigenvalue weighted by molar-refractivity contribution is -0.122. The van der Waals surface area contributed by atoms with Gasteiger partial charge in [0.2, 0.25) is 6.79 Å². The molecule has 120 valence electrons. The van der Waals surface area contributed by atoms with Gasteiger partial charge in [-0.25, -0.2) is 0 Å². The summed E-state index contributed by atoms with van der Waals surface area (Å²) in [7, 11) is 1.56. The molecule has 6 nitrogen and oxygen atoms in total. The molecular formula is C17H17NO5. The number of hydrogen-bond donors (Lipinski definition) is 1. The van der Waals surface area contributed by atoms with Crippen molar-refractivity contribution < 1.29 is 23.7 Å². The fraction of sp³-hybridized carbons (Fsp3) is 0.235. The van der Waals surface area contributed by atoms with Gasteiger partial charge < -0.3 is 24.3 Å². The van der Waals surface area contributed by atoms with Crippen LogP contribution in [0.3, 0.4) is 0 Å². The number of benzene rings is 2. The van der Waals surface area contributed by atoms with E-state index in [2.05, 4.69) is 5.32 Å². The Morgan fingerprint density at radius 3 is 2.65 bits per heavy atom. The standard InChI is InChI=1S/C17H17NO5/c1-11(23-15-6-4-3-5-13(15)20-2)17(19)18-12-7-8-14-16(9-12)22-10-21-14/h3-9,11H,10H2,1-2H3,(H,18,19)/t11-/m1/s1. The van der Waals surface area contributed by atoms with Gasteiger partial charge in [0.25, 0.3) is 5.91 Å². The first-order valence-corrected chi connectivity index (χ1v) is 7.17. The molecule has 2 aromatic rings. The first-order valence-electron chi connectivity index (χ1n) is 7.17. The third kappa shape index (κ3) is 3.31. The van der Waals surface area contributed by atoms with Gasteiger partial charge in [0, 0.05) is 11.8 Å². The van der Waals surface area contributed by atoms with Crippen molar-refractivity contribution in [1.82, 2.24) is 0 Å². The Labute approximate surface area is 133 Å². The maximum absolute atomic E-state index is 12.3. The lowest BCUT2D eigenvalue weighted by Gasteiger charge is -2.16. The minimum Gasteiger partial charge on any atom is -0.493 e. The van der Waals surface area contributed by atoms with Gasteiger partial charge in [0.1, 0.15) is 0 Å². The average Bonchev–Trinajstić information content (AvgIpc) is 3.03. The number of nitrogens with one attached hydrogen (secondary N) is 1. The zero-order valence-corrected chi connectivity index (χ0v) is 12.9. The minimum atomic E-state index is -0.684. The van der Waals surface area contributed by atoms with Gasteiger partial charge in [0.05, 0.1) is 7.11 Å². The molecule has 6 heteroatoms. The molecule has 23 heavy (non-hydrogen) atoms. The number of para-hydroxylation sites is 2. The number of carbonyl (C=O) groups excluding carboxylic acids is 1. The maximum atomic E-state index is 12.3. The summed E-state index contributed by atoms with van der Waals surface area (Å²) < 4.78 is 21.4. The number of amides is 1. The highest BCUT2D eigenvalue weighted by Gasteiger charge is 2.19. The van der Waals surface area contributed by atoms with Crippen LogP contribution in [-0.2, 0) is 4.79 Å². The molecule has 0 saturated heterocycles. The SMILES string of the molecule is COc1ccccc1O[C@H](C)C(=O)Nc1ccc2c(c1)OCO2. The summed E-state index contributed by atoms with van der Waals surface area (Å²) in [6.45, 7) is 1.87. The molecule has 1 amide bonds. The van der Waals surface area contributed by atoms with Crippen LogP contribution in [0.4, 0.5) is 5.69 Å². The number of methoxy groups -OCH3 is 1. The number of ether oxygens (including phenoxy) is 4. The summed E-state index contributed by atoms with van der Waals surface area (Å²) in [6, 6.07) is 12.4. The zero-order chi connectivity index (χ0) is 16.2.